The smallest absolute Gasteiger partial charge is 0.263 e. The maximum absolute atomic E-state index is 12.4. The number of nitrogens with one attached hydrogen (secondary N) is 2. The van der Waals surface area contributed by atoms with Crippen LogP contribution in [0.2, 0.25) is 5.02 Å². The van der Waals surface area contributed by atoms with Crippen LogP contribution in [0, 0.1) is 18.3 Å². The van der Waals surface area contributed by atoms with Gasteiger partial charge in [0, 0.05) is 16.9 Å². The zero-order valence-electron chi connectivity index (χ0n) is 15.1. The Hall–Kier alpha value is -2.77. The summed E-state index contributed by atoms with van der Waals surface area (Å²) in [7, 11) is 0. The second kappa shape index (κ2) is 9.07. The maximum Gasteiger partial charge on any atom is 0.263 e. The molecule has 0 aliphatic rings. The normalized spacial score (nSPS) is 12.2. The first-order valence-corrected chi connectivity index (χ1v) is 8.85. The number of amides is 1. The summed E-state index contributed by atoms with van der Waals surface area (Å²) in [6, 6.07) is 15.3. The second-order valence-electron chi connectivity index (χ2n) is 6.07. The summed E-state index contributed by atoms with van der Waals surface area (Å²) >= 11 is 6.08. The first kappa shape index (κ1) is 19.6. The maximum atomic E-state index is 12.4. The number of nitrogens with zero attached hydrogens (tertiary/aromatic N) is 1. The third-order valence-electron chi connectivity index (χ3n) is 4.16. The number of benzene rings is 2. The van der Waals surface area contributed by atoms with Crippen molar-refractivity contribution in [2.75, 3.05) is 5.32 Å². The number of hydrogen-bond donors (Lipinski definition) is 2. The van der Waals surface area contributed by atoms with Crippen LogP contribution in [0.5, 0.6) is 0 Å². The fourth-order valence-electron chi connectivity index (χ4n) is 2.39. The molecule has 4 nitrogen and oxygen atoms in total. The van der Waals surface area contributed by atoms with Crippen molar-refractivity contribution >= 4 is 23.2 Å². The molecule has 134 valence electrons. The van der Waals surface area contributed by atoms with Crippen LogP contribution in [0.25, 0.3) is 0 Å². The van der Waals surface area contributed by atoms with E-state index in [1.807, 2.05) is 56.3 Å². The fraction of sp³-hybridized carbons (Fsp3) is 0.238. The zero-order valence-corrected chi connectivity index (χ0v) is 15.9. The van der Waals surface area contributed by atoms with Crippen LogP contribution in [0.15, 0.2) is 54.2 Å². The van der Waals surface area contributed by atoms with Crippen molar-refractivity contribution < 1.29 is 4.79 Å². The van der Waals surface area contributed by atoms with Crippen molar-refractivity contribution in [3.63, 3.8) is 0 Å². The number of carbonyl (C=O) groups excluding carboxylic acids is 1. The molecule has 0 heterocycles. The second-order valence-corrected chi connectivity index (χ2v) is 6.48. The summed E-state index contributed by atoms with van der Waals surface area (Å²) in [4.78, 5) is 12.4. The van der Waals surface area contributed by atoms with Gasteiger partial charge in [-0.25, -0.2) is 0 Å². The van der Waals surface area contributed by atoms with E-state index in [4.69, 9.17) is 11.6 Å². The van der Waals surface area contributed by atoms with E-state index in [0.29, 0.717) is 10.7 Å². The number of nitriles is 1. The van der Waals surface area contributed by atoms with Gasteiger partial charge in [-0.1, -0.05) is 48.9 Å². The molecule has 1 unspecified atom stereocenters. The zero-order chi connectivity index (χ0) is 19.1. The molecular weight excluding hydrogens is 346 g/mol. The fourth-order valence-corrected chi connectivity index (χ4v) is 2.57. The Bertz CT molecular complexity index is 851. The molecule has 26 heavy (non-hydrogen) atoms. The number of halogens is 1. The predicted molar refractivity (Wildman–Crippen MR) is 106 cm³/mol. The Kier molecular flexibility index (Phi) is 6.82. The molecule has 0 aromatic heterocycles. The molecule has 1 amide bonds. The summed E-state index contributed by atoms with van der Waals surface area (Å²) in [6.45, 7) is 5.89. The van der Waals surface area contributed by atoms with Crippen LogP contribution < -0.4 is 10.6 Å². The lowest BCUT2D eigenvalue weighted by atomic mass is 10.0. The molecule has 0 saturated carbocycles. The lowest BCUT2D eigenvalue weighted by molar-refractivity contribution is -0.117. The van der Waals surface area contributed by atoms with E-state index in [9.17, 15) is 10.1 Å². The van der Waals surface area contributed by atoms with E-state index in [1.165, 1.54) is 11.8 Å². The van der Waals surface area contributed by atoms with Gasteiger partial charge in [-0.3, -0.25) is 4.79 Å². The number of anilines is 1. The monoisotopic (exact) mass is 367 g/mol. The third kappa shape index (κ3) is 5.11. The first-order valence-electron chi connectivity index (χ1n) is 8.47. The molecule has 0 aliphatic heterocycles. The summed E-state index contributed by atoms with van der Waals surface area (Å²) in [5.74, 6) is -0.426. The highest BCUT2D eigenvalue weighted by Crippen LogP contribution is 2.20. The van der Waals surface area contributed by atoms with Gasteiger partial charge in [0.25, 0.3) is 5.91 Å². The van der Waals surface area contributed by atoms with Gasteiger partial charge in [0.15, 0.2) is 0 Å². The van der Waals surface area contributed by atoms with Gasteiger partial charge in [-0.05, 0) is 49.1 Å². The molecule has 0 bridgehead atoms. The summed E-state index contributed by atoms with van der Waals surface area (Å²) in [6.07, 6.45) is 2.36. The molecule has 0 aliphatic carbocycles. The number of carbonyl (C=O) groups is 1. The van der Waals surface area contributed by atoms with Crippen molar-refractivity contribution in [2.24, 2.45) is 0 Å². The van der Waals surface area contributed by atoms with Gasteiger partial charge in [0.2, 0.25) is 0 Å². The van der Waals surface area contributed by atoms with Crippen LogP contribution in [0.1, 0.15) is 36.6 Å². The number of rotatable bonds is 6. The van der Waals surface area contributed by atoms with E-state index in [0.717, 1.165) is 17.5 Å². The Morgan fingerprint density at radius 3 is 2.54 bits per heavy atom. The minimum absolute atomic E-state index is 0.00118. The minimum Gasteiger partial charge on any atom is -0.360 e. The first-order chi connectivity index (χ1) is 12.4. The average molecular weight is 368 g/mol. The number of hydrogen-bond acceptors (Lipinski definition) is 3. The van der Waals surface area contributed by atoms with E-state index < -0.39 is 5.91 Å². The van der Waals surface area contributed by atoms with E-state index in [2.05, 4.69) is 17.6 Å². The van der Waals surface area contributed by atoms with Crippen LogP contribution in [-0.2, 0) is 11.2 Å². The predicted octanol–water partition coefficient (Wildman–Crippen LogP) is 4.91. The standard InChI is InChI=1S/C21H22ClN3O/c1-4-16-6-8-17(9-7-16)15(3)25-21(26)18(12-23)13-24-19-10-5-14(2)20(22)11-19/h5-11,13,15,24H,4H2,1-3H3,(H,25,26)/b18-13-. The number of aryl methyl sites for hydroxylation is 2. The van der Waals surface area contributed by atoms with Gasteiger partial charge in [0.05, 0.1) is 6.04 Å². The molecule has 2 rings (SSSR count). The van der Waals surface area contributed by atoms with Crippen LogP contribution in [-0.4, -0.2) is 5.91 Å². The molecule has 2 aromatic rings. The highest BCUT2D eigenvalue weighted by Gasteiger charge is 2.13. The quantitative estimate of drug-likeness (QED) is 0.563. The molecule has 0 radical (unpaired) electrons. The molecule has 5 heteroatoms. The van der Waals surface area contributed by atoms with Crippen molar-refractivity contribution in [1.29, 1.82) is 5.26 Å². The summed E-state index contributed by atoms with van der Waals surface area (Å²) in [5, 5.41) is 15.7. The van der Waals surface area contributed by atoms with Crippen molar-refractivity contribution in [1.82, 2.24) is 5.32 Å². The van der Waals surface area contributed by atoms with E-state index in [1.54, 1.807) is 6.07 Å². The average Bonchev–Trinajstić information content (AvgIpc) is 2.65. The molecule has 2 aromatic carbocycles. The SMILES string of the molecule is CCc1ccc(C(C)NC(=O)/C(C#N)=C\Nc2ccc(C)c(Cl)c2)cc1. The molecule has 1 atom stereocenters. The van der Waals surface area contributed by atoms with Crippen molar-refractivity contribution in [3.8, 4) is 6.07 Å². The lowest BCUT2D eigenvalue weighted by Crippen LogP contribution is -2.28. The van der Waals surface area contributed by atoms with E-state index in [-0.39, 0.29) is 11.6 Å². The van der Waals surface area contributed by atoms with Crippen LogP contribution in [0.4, 0.5) is 5.69 Å². The Morgan fingerprint density at radius 1 is 1.27 bits per heavy atom. The summed E-state index contributed by atoms with van der Waals surface area (Å²) in [5.41, 5.74) is 3.91. The van der Waals surface area contributed by atoms with Crippen LogP contribution in [0.3, 0.4) is 0 Å². The molecule has 2 N–H and O–H groups in total. The molecule has 0 saturated heterocycles. The van der Waals surface area contributed by atoms with Crippen molar-refractivity contribution in [3.05, 3.63) is 76.0 Å². The Labute approximate surface area is 159 Å². The highest BCUT2D eigenvalue weighted by atomic mass is 35.5. The lowest BCUT2D eigenvalue weighted by Gasteiger charge is -2.14. The van der Waals surface area contributed by atoms with Crippen molar-refractivity contribution in [2.45, 2.75) is 33.2 Å². The third-order valence-corrected chi connectivity index (χ3v) is 4.56. The van der Waals surface area contributed by atoms with Crippen LogP contribution >= 0.6 is 11.6 Å². The topological polar surface area (TPSA) is 64.9 Å². The molecule has 0 spiro atoms. The van der Waals surface area contributed by atoms with Gasteiger partial charge >= 0.3 is 0 Å². The molecular formula is C21H22ClN3O. The highest BCUT2D eigenvalue weighted by molar-refractivity contribution is 6.31. The minimum atomic E-state index is -0.426. The largest absolute Gasteiger partial charge is 0.360 e. The molecule has 0 fully saturated rings. The Balaban J connectivity index is 2.04. The van der Waals surface area contributed by atoms with Gasteiger partial charge in [-0.2, -0.15) is 5.26 Å². The Morgan fingerprint density at radius 2 is 1.96 bits per heavy atom. The van der Waals surface area contributed by atoms with Gasteiger partial charge in [0.1, 0.15) is 11.6 Å². The summed E-state index contributed by atoms with van der Waals surface area (Å²) < 4.78 is 0. The van der Waals surface area contributed by atoms with E-state index >= 15 is 0 Å². The van der Waals surface area contributed by atoms with Gasteiger partial charge in [-0.15, -0.1) is 0 Å². The van der Waals surface area contributed by atoms with Gasteiger partial charge < -0.3 is 10.6 Å².